The first kappa shape index (κ1) is 32.4. The van der Waals surface area contributed by atoms with Crippen LogP contribution in [0.25, 0.3) is 11.1 Å². The second-order valence-electron chi connectivity index (χ2n) is 11.6. The molecule has 2 aromatic heterocycles. The summed E-state index contributed by atoms with van der Waals surface area (Å²) in [5.74, 6) is -0.00624. The second-order valence-corrected chi connectivity index (χ2v) is 11.6. The van der Waals surface area contributed by atoms with E-state index in [0.29, 0.717) is 60.0 Å². The molecule has 48 heavy (non-hydrogen) atoms. The number of rotatable bonds is 13. The molecular weight excluding hydrogens is 604 g/mol. The fourth-order valence-electron chi connectivity index (χ4n) is 6.42. The molecule has 2 aliphatic rings. The summed E-state index contributed by atoms with van der Waals surface area (Å²) < 4.78 is 22.8. The fraction of sp³-hybridized carbons (Fsp3) is 0.250. The van der Waals surface area contributed by atoms with Crippen molar-refractivity contribution in [1.82, 2.24) is 10.6 Å². The lowest BCUT2D eigenvalue weighted by atomic mass is 9.81. The van der Waals surface area contributed by atoms with Crippen LogP contribution in [0.1, 0.15) is 61.2 Å². The highest BCUT2D eigenvalue weighted by Gasteiger charge is 2.35. The van der Waals surface area contributed by atoms with Gasteiger partial charge in [-0.2, -0.15) is 0 Å². The molecule has 8 heteroatoms. The van der Waals surface area contributed by atoms with E-state index in [1.54, 1.807) is 26.4 Å². The van der Waals surface area contributed by atoms with E-state index in [1.807, 2.05) is 72.8 Å². The summed E-state index contributed by atoms with van der Waals surface area (Å²) in [7, 11) is 0. The van der Waals surface area contributed by atoms with Crippen molar-refractivity contribution in [1.29, 1.82) is 0 Å². The number of ether oxygens (including phenoxy) is 2. The number of carbonyl (C=O) groups is 2. The maximum Gasteiger partial charge on any atom is 0.336 e. The van der Waals surface area contributed by atoms with Gasteiger partial charge in [-0.3, -0.25) is 0 Å². The number of hydrogen-bond donors (Lipinski definition) is 2. The standard InChI is InChI=1S/C40H40N2O6/c1-3-45-39(43)37-31(35-17-11-21-47-35)23-29(27-13-7-5-8-14-27)25-33(37)41-19-20-42-34-26-30(28-15-9-6-10-16-28)24-32(36-18-12-22-48-36)38(34)40(44)46-4-2/h5-18,21-22,25-26,31-32,41-42H,3-4,19-20,23-24H2,1-2H3. The molecule has 0 saturated carbocycles. The average Bonchev–Trinajstić information content (AvgIpc) is 3.86. The minimum Gasteiger partial charge on any atom is -0.469 e. The first-order valence-corrected chi connectivity index (χ1v) is 16.5. The van der Waals surface area contributed by atoms with Crippen LogP contribution in [0.2, 0.25) is 0 Å². The number of esters is 2. The molecule has 2 aromatic carbocycles. The van der Waals surface area contributed by atoms with E-state index in [0.717, 1.165) is 22.3 Å². The van der Waals surface area contributed by atoms with Gasteiger partial charge in [0.2, 0.25) is 0 Å². The Morgan fingerprint density at radius 3 is 1.40 bits per heavy atom. The zero-order valence-electron chi connectivity index (χ0n) is 27.2. The molecular formula is C40H40N2O6. The zero-order valence-corrected chi connectivity index (χ0v) is 27.2. The summed E-state index contributed by atoms with van der Waals surface area (Å²) >= 11 is 0. The second kappa shape index (κ2) is 15.4. The number of nitrogens with one attached hydrogen (secondary N) is 2. The van der Waals surface area contributed by atoms with E-state index >= 15 is 0 Å². The third-order valence-electron chi connectivity index (χ3n) is 8.57. The van der Waals surface area contributed by atoms with Crippen molar-refractivity contribution in [3.8, 4) is 0 Å². The van der Waals surface area contributed by atoms with Crippen LogP contribution < -0.4 is 10.6 Å². The molecule has 6 rings (SSSR count). The smallest absolute Gasteiger partial charge is 0.336 e. The van der Waals surface area contributed by atoms with Gasteiger partial charge >= 0.3 is 11.9 Å². The van der Waals surface area contributed by atoms with Crippen LogP contribution in [0.3, 0.4) is 0 Å². The number of benzene rings is 2. The van der Waals surface area contributed by atoms with Crippen molar-refractivity contribution in [3.63, 3.8) is 0 Å². The van der Waals surface area contributed by atoms with Crippen molar-refractivity contribution >= 4 is 23.1 Å². The van der Waals surface area contributed by atoms with E-state index < -0.39 is 0 Å². The Hall–Kier alpha value is -5.50. The third-order valence-corrected chi connectivity index (χ3v) is 8.57. The highest BCUT2D eigenvalue weighted by molar-refractivity contribution is 5.95. The van der Waals surface area contributed by atoms with Crippen molar-refractivity contribution in [2.75, 3.05) is 26.3 Å². The molecule has 0 aliphatic heterocycles. The van der Waals surface area contributed by atoms with Gasteiger partial charge in [-0.15, -0.1) is 0 Å². The maximum absolute atomic E-state index is 13.5. The topological polar surface area (TPSA) is 103 Å². The van der Waals surface area contributed by atoms with Crippen LogP contribution in [-0.4, -0.2) is 38.2 Å². The SMILES string of the molecule is CCOC(=O)C1=C(NCCNC2=C(C(=O)OCC)C(c3ccco3)CC(c3ccccc3)=C2)C=C(c2ccccc2)CC1c1ccco1. The Labute approximate surface area is 280 Å². The molecule has 0 fully saturated rings. The molecule has 8 nitrogen and oxygen atoms in total. The van der Waals surface area contributed by atoms with Crippen molar-refractivity contribution in [2.45, 2.75) is 38.5 Å². The first-order chi connectivity index (χ1) is 23.6. The van der Waals surface area contributed by atoms with Gasteiger partial charge in [-0.25, -0.2) is 9.59 Å². The van der Waals surface area contributed by atoms with Gasteiger partial charge in [-0.05, 0) is 85.4 Å². The summed E-state index contributed by atoms with van der Waals surface area (Å²) in [6.07, 6.45) is 8.50. The molecule has 2 N–H and O–H groups in total. The molecule has 0 radical (unpaired) electrons. The highest BCUT2D eigenvalue weighted by Crippen LogP contribution is 2.42. The van der Waals surface area contributed by atoms with Gasteiger partial charge < -0.3 is 28.9 Å². The van der Waals surface area contributed by atoms with Gasteiger partial charge in [-0.1, -0.05) is 60.7 Å². The molecule has 0 spiro atoms. The summed E-state index contributed by atoms with van der Waals surface area (Å²) in [5.41, 5.74) is 6.72. The Balaban J connectivity index is 1.32. The Morgan fingerprint density at radius 2 is 1.04 bits per heavy atom. The number of allylic oxidation sites excluding steroid dienone is 4. The van der Waals surface area contributed by atoms with Gasteiger partial charge in [0.15, 0.2) is 0 Å². The van der Waals surface area contributed by atoms with Gasteiger partial charge in [0, 0.05) is 24.5 Å². The largest absolute Gasteiger partial charge is 0.469 e. The molecule has 2 aliphatic carbocycles. The first-order valence-electron chi connectivity index (χ1n) is 16.5. The zero-order chi connectivity index (χ0) is 33.3. The minimum atomic E-state index is -0.381. The Kier molecular flexibility index (Phi) is 10.4. The lowest BCUT2D eigenvalue weighted by molar-refractivity contribution is -0.139. The van der Waals surface area contributed by atoms with E-state index in [2.05, 4.69) is 34.9 Å². The van der Waals surface area contributed by atoms with Crippen molar-refractivity contribution < 1.29 is 27.9 Å². The van der Waals surface area contributed by atoms with E-state index in [1.165, 1.54) is 0 Å². The van der Waals surface area contributed by atoms with Gasteiger partial charge in [0.1, 0.15) is 11.5 Å². The Morgan fingerprint density at radius 1 is 0.625 bits per heavy atom. The van der Waals surface area contributed by atoms with E-state index in [-0.39, 0.29) is 37.0 Å². The lowest BCUT2D eigenvalue weighted by Crippen LogP contribution is -2.32. The van der Waals surface area contributed by atoms with Crippen LogP contribution in [0.5, 0.6) is 0 Å². The monoisotopic (exact) mass is 644 g/mol. The summed E-state index contributed by atoms with van der Waals surface area (Å²) in [5, 5.41) is 7.03. The van der Waals surface area contributed by atoms with Crippen molar-refractivity contribution in [2.24, 2.45) is 0 Å². The normalized spacial score (nSPS) is 17.8. The quantitative estimate of drug-likeness (QED) is 0.114. The molecule has 0 saturated heterocycles. The lowest BCUT2D eigenvalue weighted by Gasteiger charge is -2.28. The summed E-state index contributed by atoms with van der Waals surface area (Å²) in [6, 6.07) is 27.7. The average molecular weight is 645 g/mol. The molecule has 2 unspecified atom stereocenters. The van der Waals surface area contributed by atoms with Crippen LogP contribution in [-0.2, 0) is 19.1 Å². The van der Waals surface area contributed by atoms with Crippen LogP contribution in [0, 0.1) is 0 Å². The predicted molar refractivity (Wildman–Crippen MR) is 184 cm³/mol. The number of carbonyl (C=O) groups excluding carboxylic acids is 2. The molecule has 246 valence electrons. The molecule has 2 atom stereocenters. The Bertz CT molecular complexity index is 1680. The molecule has 0 bridgehead atoms. The van der Waals surface area contributed by atoms with Crippen LogP contribution in [0.4, 0.5) is 0 Å². The highest BCUT2D eigenvalue weighted by atomic mass is 16.5. The number of hydrogen-bond acceptors (Lipinski definition) is 8. The van der Waals surface area contributed by atoms with Crippen LogP contribution >= 0.6 is 0 Å². The molecule has 0 amide bonds. The van der Waals surface area contributed by atoms with E-state index in [9.17, 15) is 9.59 Å². The molecule has 4 aromatic rings. The third kappa shape index (κ3) is 7.23. The van der Waals surface area contributed by atoms with E-state index in [4.69, 9.17) is 18.3 Å². The minimum absolute atomic E-state index is 0.259. The summed E-state index contributed by atoms with van der Waals surface area (Å²) in [4.78, 5) is 26.9. The predicted octanol–water partition coefficient (Wildman–Crippen LogP) is 7.53. The maximum atomic E-state index is 13.5. The molecule has 2 heterocycles. The van der Waals surface area contributed by atoms with Gasteiger partial charge in [0.05, 0.1) is 48.7 Å². The van der Waals surface area contributed by atoms with Gasteiger partial charge in [0.25, 0.3) is 0 Å². The number of furan rings is 2. The summed E-state index contributed by atoms with van der Waals surface area (Å²) in [6.45, 7) is 5.02. The van der Waals surface area contributed by atoms with Crippen LogP contribution in [0.15, 0.2) is 141 Å². The fourth-order valence-corrected chi connectivity index (χ4v) is 6.42. The van der Waals surface area contributed by atoms with Crippen molar-refractivity contribution in [3.05, 3.63) is 155 Å².